The van der Waals surface area contributed by atoms with Crippen LogP contribution >= 0.6 is 0 Å². The Morgan fingerprint density at radius 1 is 0.288 bits per heavy atom. The molecule has 0 aliphatic carbocycles. The van der Waals surface area contributed by atoms with Crippen LogP contribution in [0.3, 0.4) is 0 Å². The van der Waals surface area contributed by atoms with Gasteiger partial charge in [-0.25, -0.2) is 4.98 Å². The molecule has 0 aliphatic heterocycles. The molecular formula is C67H40N6. The topological polar surface area (TPSA) is 75.3 Å². The van der Waals surface area contributed by atoms with Gasteiger partial charge in [-0.3, -0.25) is 9.13 Å². The summed E-state index contributed by atoms with van der Waals surface area (Å²) >= 11 is 0. The first-order valence-electron chi connectivity index (χ1n) is 24.4. The van der Waals surface area contributed by atoms with Gasteiger partial charge in [0.2, 0.25) is 0 Å². The summed E-state index contributed by atoms with van der Waals surface area (Å²) in [6.07, 6.45) is 0. The van der Waals surface area contributed by atoms with Crippen molar-refractivity contribution >= 4 is 65.4 Å². The van der Waals surface area contributed by atoms with Crippen LogP contribution in [0.25, 0.3) is 127 Å². The number of rotatable bonds is 7. The third-order valence-electron chi connectivity index (χ3n) is 14.5. The van der Waals surface area contributed by atoms with Gasteiger partial charge in [0.05, 0.1) is 49.9 Å². The quantitative estimate of drug-likeness (QED) is 0.160. The number of nitrogens with zero attached hydrogens (tertiary/aromatic N) is 6. The largest absolute Gasteiger partial charge is 0.305 e. The summed E-state index contributed by atoms with van der Waals surface area (Å²) in [5.74, 6) is 1.41. The van der Waals surface area contributed by atoms with Crippen LogP contribution in [0.1, 0.15) is 11.1 Å². The smallest absolute Gasteiger partial charge is 0.165 e. The van der Waals surface area contributed by atoms with E-state index >= 15 is 0 Å². The van der Waals surface area contributed by atoms with Gasteiger partial charge in [-0.15, -0.1) is 0 Å². The highest BCUT2D eigenvalue weighted by molar-refractivity contribution is 6.14. The van der Waals surface area contributed by atoms with Gasteiger partial charge >= 0.3 is 0 Å². The van der Waals surface area contributed by atoms with Crippen LogP contribution in [0.15, 0.2) is 243 Å². The number of hydrogen-bond acceptors (Lipinski definition) is 3. The SMILES string of the molecule is N#Cc1ccc(-c2cc(-n3c4ccccc4c4cc(-c5ccccc5)ccc43)nc(-n3c4ccccc4c4cc(-c5ccccc5)ccc43)c2-n2c3ccccc3c3cc(-c4ccccc4)ccc32)cc1C#N. The van der Waals surface area contributed by atoms with Crippen LogP contribution in [0, 0.1) is 22.7 Å². The van der Waals surface area contributed by atoms with E-state index in [4.69, 9.17) is 4.98 Å². The maximum Gasteiger partial charge on any atom is 0.165 e. The summed E-state index contributed by atoms with van der Waals surface area (Å²) in [6, 6.07) is 89.9. The van der Waals surface area contributed by atoms with E-state index in [1.807, 2.05) is 24.3 Å². The molecule has 0 radical (unpaired) electrons. The molecule has 0 aliphatic rings. The molecule has 4 heterocycles. The van der Waals surface area contributed by atoms with Crippen molar-refractivity contribution in [1.29, 1.82) is 10.5 Å². The molecule has 14 rings (SSSR count). The lowest BCUT2D eigenvalue weighted by atomic mass is 9.98. The summed E-state index contributed by atoms with van der Waals surface area (Å²) in [5.41, 5.74) is 15.9. The van der Waals surface area contributed by atoms with Crippen molar-refractivity contribution in [3.05, 3.63) is 254 Å². The molecule has 0 bridgehead atoms. The number of benzene rings is 10. The van der Waals surface area contributed by atoms with Gasteiger partial charge < -0.3 is 4.57 Å². The molecule has 10 aromatic carbocycles. The second-order valence-corrected chi connectivity index (χ2v) is 18.5. The lowest BCUT2D eigenvalue weighted by molar-refractivity contribution is 0.985. The fourth-order valence-electron chi connectivity index (χ4n) is 11.2. The van der Waals surface area contributed by atoms with Crippen LogP contribution in [0.5, 0.6) is 0 Å². The number of fused-ring (bicyclic) bond motifs is 9. The van der Waals surface area contributed by atoms with E-state index in [0.717, 1.165) is 116 Å². The standard InChI is InChI=1S/C67H40N6/c68-41-50-29-28-49(36-51(50)42-69)55-40-65(71-59-25-13-10-22-52(59)56-37-46(30-33-62(56)71)43-16-4-1-5-17-43)70-67(73-61-27-15-12-24-54(61)58-39-48(32-35-64(58)73)45-20-8-3-9-21-45)66(55)72-60-26-14-11-23-53(60)57-38-47(31-34-63(57)72)44-18-6-2-7-19-44/h1-40H. The van der Waals surface area contributed by atoms with Gasteiger partial charge in [-0.2, -0.15) is 10.5 Å². The van der Waals surface area contributed by atoms with Crippen molar-refractivity contribution in [2.75, 3.05) is 0 Å². The molecule has 0 atom stereocenters. The Balaban J connectivity index is 1.16. The van der Waals surface area contributed by atoms with E-state index in [2.05, 4.69) is 238 Å². The van der Waals surface area contributed by atoms with Crippen LogP contribution in [0.4, 0.5) is 0 Å². The van der Waals surface area contributed by atoms with Crippen molar-refractivity contribution in [2.24, 2.45) is 0 Å². The fraction of sp³-hybridized carbons (Fsp3) is 0. The minimum absolute atomic E-state index is 0.302. The molecule has 14 aromatic rings. The predicted molar refractivity (Wildman–Crippen MR) is 298 cm³/mol. The number of aromatic nitrogens is 4. The van der Waals surface area contributed by atoms with Gasteiger partial charge in [0.1, 0.15) is 18.0 Å². The maximum absolute atomic E-state index is 10.6. The minimum Gasteiger partial charge on any atom is -0.305 e. The van der Waals surface area contributed by atoms with Crippen LogP contribution in [-0.4, -0.2) is 18.7 Å². The Bertz CT molecular complexity index is 4620. The summed E-state index contributed by atoms with van der Waals surface area (Å²) in [6.45, 7) is 0. The molecule has 6 heteroatoms. The molecule has 0 fully saturated rings. The first-order valence-corrected chi connectivity index (χ1v) is 24.4. The summed E-state index contributed by atoms with van der Waals surface area (Å²) in [7, 11) is 0. The summed E-state index contributed by atoms with van der Waals surface area (Å²) in [4.78, 5) is 6.00. The van der Waals surface area contributed by atoms with Crippen LogP contribution in [-0.2, 0) is 0 Å². The average Bonchev–Trinajstić information content (AvgIpc) is 4.12. The van der Waals surface area contributed by atoms with Crippen molar-refractivity contribution in [1.82, 2.24) is 18.7 Å². The number of hydrogen-bond donors (Lipinski definition) is 0. The van der Waals surface area contributed by atoms with E-state index in [1.54, 1.807) is 6.07 Å². The zero-order chi connectivity index (χ0) is 48.6. The number of para-hydroxylation sites is 3. The fourth-order valence-corrected chi connectivity index (χ4v) is 11.2. The lowest BCUT2D eigenvalue weighted by Crippen LogP contribution is -2.11. The first kappa shape index (κ1) is 41.7. The highest BCUT2D eigenvalue weighted by atomic mass is 15.2. The third kappa shape index (κ3) is 6.60. The predicted octanol–water partition coefficient (Wildman–Crippen LogP) is 16.8. The third-order valence-corrected chi connectivity index (χ3v) is 14.5. The van der Waals surface area contributed by atoms with E-state index in [9.17, 15) is 10.5 Å². The number of nitriles is 2. The van der Waals surface area contributed by atoms with Crippen molar-refractivity contribution in [3.8, 4) is 74.0 Å². The highest BCUT2D eigenvalue weighted by Gasteiger charge is 2.27. The molecule has 0 amide bonds. The van der Waals surface area contributed by atoms with Crippen molar-refractivity contribution in [2.45, 2.75) is 0 Å². The van der Waals surface area contributed by atoms with Gasteiger partial charge in [-0.05, 0) is 112 Å². The molecule has 0 N–H and O–H groups in total. The first-order chi connectivity index (χ1) is 36.1. The maximum atomic E-state index is 10.6. The second kappa shape index (κ2) is 16.7. The Morgan fingerprint density at radius 3 is 1.15 bits per heavy atom. The molecule has 73 heavy (non-hydrogen) atoms. The van der Waals surface area contributed by atoms with Crippen LogP contribution < -0.4 is 0 Å². The Labute approximate surface area is 420 Å². The zero-order valence-corrected chi connectivity index (χ0v) is 39.3. The molecular weight excluding hydrogens is 889 g/mol. The van der Waals surface area contributed by atoms with Crippen molar-refractivity contribution < 1.29 is 0 Å². The van der Waals surface area contributed by atoms with Crippen molar-refractivity contribution in [3.63, 3.8) is 0 Å². The van der Waals surface area contributed by atoms with E-state index in [-0.39, 0.29) is 0 Å². The average molecular weight is 929 g/mol. The summed E-state index contributed by atoms with van der Waals surface area (Å²) < 4.78 is 6.98. The Hall–Kier alpha value is -10.3. The van der Waals surface area contributed by atoms with E-state index < -0.39 is 0 Å². The Kier molecular flexibility index (Phi) is 9.54. The molecule has 6 nitrogen and oxygen atoms in total. The van der Waals surface area contributed by atoms with E-state index in [1.165, 1.54) is 0 Å². The van der Waals surface area contributed by atoms with Gasteiger partial charge in [-0.1, -0.05) is 170 Å². The Morgan fingerprint density at radius 2 is 0.671 bits per heavy atom. The summed E-state index contributed by atoms with van der Waals surface area (Å²) in [5, 5.41) is 27.5. The zero-order valence-electron chi connectivity index (χ0n) is 39.3. The monoisotopic (exact) mass is 928 g/mol. The minimum atomic E-state index is 0.302. The van der Waals surface area contributed by atoms with Gasteiger partial charge in [0, 0.05) is 37.9 Å². The second-order valence-electron chi connectivity index (χ2n) is 18.5. The molecule has 0 spiro atoms. The normalized spacial score (nSPS) is 11.5. The number of pyridine rings is 1. The molecule has 0 saturated heterocycles. The van der Waals surface area contributed by atoms with Gasteiger partial charge in [0.15, 0.2) is 5.82 Å². The highest BCUT2D eigenvalue weighted by Crippen LogP contribution is 2.45. The van der Waals surface area contributed by atoms with Gasteiger partial charge in [0.25, 0.3) is 0 Å². The molecule has 4 aromatic heterocycles. The van der Waals surface area contributed by atoms with Crippen LogP contribution in [0.2, 0.25) is 0 Å². The van der Waals surface area contributed by atoms with E-state index in [0.29, 0.717) is 22.8 Å². The molecule has 338 valence electrons. The molecule has 0 saturated carbocycles. The molecule has 0 unspecified atom stereocenters. The lowest BCUT2D eigenvalue weighted by Gasteiger charge is -2.22.